The van der Waals surface area contributed by atoms with Crippen LogP contribution in [0.3, 0.4) is 0 Å². The van der Waals surface area contributed by atoms with Crippen LogP contribution in [0.1, 0.15) is 58.4 Å². The molecule has 116 valence electrons. The first-order valence-corrected chi connectivity index (χ1v) is 8.17. The van der Waals surface area contributed by atoms with Gasteiger partial charge in [-0.25, -0.2) is 0 Å². The van der Waals surface area contributed by atoms with E-state index < -0.39 is 0 Å². The third-order valence-corrected chi connectivity index (χ3v) is 4.44. The van der Waals surface area contributed by atoms with E-state index in [-0.39, 0.29) is 5.78 Å². The monoisotopic (exact) mass is 304 g/mol. The van der Waals surface area contributed by atoms with Gasteiger partial charge in [0.2, 0.25) is 0 Å². The fraction of sp³-hybridized carbons (Fsp3) is 0.238. The topological polar surface area (TPSA) is 34.1 Å². The van der Waals surface area contributed by atoms with Crippen molar-refractivity contribution in [2.75, 3.05) is 0 Å². The highest BCUT2D eigenvalue weighted by Crippen LogP contribution is 2.34. The van der Waals surface area contributed by atoms with Crippen molar-refractivity contribution in [3.63, 3.8) is 0 Å². The number of Topliss-reactive ketones (excluding diaryl/α,β-unsaturated/α-hetero) is 1. The first kappa shape index (κ1) is 15.4. The lowest BCUT2D eigenvalue weighted by atomic mass is 9.89. The summed E-state index contributed by atoms with van der Waals surface area (Å²) in [4.78, 5) is 24.4. The molecule has 0 fully saturated rings. The molecule has 0 heterocycles. The first-order valence-electron chi connectivity index (χ1n) is 8.17. The number of carbonyl (C=O) groups excluding carboxylic acids is 2. The molecule has 1 aliphatic carbocycles. The van der Waals surface area contributed by atoms with Gasteiger partial charge < -0.3 is 0 Å². The van der Waals surface area contributed by atoms with Crippen molar-refractivity contribution < 1.29 is 9.59 Å². The second kappa shape index (κ2) is 7.19. The molecule has 1 aliphatic rings. The molecule has 3 rings (SSSR count). The molecule has 2 nitrogen and oxygen atoms in total. The number of hydrogen-bond donors (Lipinski definition) is 0. The van der Waals surface area contributed by atoms with Crippen molar-refractivity contribution in [3.05, 3.63) is 76.9 Å². The fourth-order valence-corrected chi connectivity index (χ4v) is 3.27. The van der Waals surface area contributed by atoms with E-state index in [0.29, 0.717) is 5.56 Å². The van der Waals surface area contributed by atoms with Gasteiger partial charge in [0.25, 0.3) is 0 Å². The first-order chi connectivity index (χ1) is 11.3. The molecule has 0 bridgehead atoms. The predicted octanol–water partition coefficient (Wildman–Crippen LogP) is 5.10. The van der Waals surface area contributed by atoms with Crippen LogP contribution in [0.25, 0.3) is 5.57 Å². The van der Waals surface area contributed by atoms with Crippen LogP contribution in [-0.2, 0) is 0 Å². The standard InChI is InChI=1S/C21H20O2/c22-15-17-11-7-8-12-18(17)19-13-5-2-6-14-20(19)21(23)16-9-3-1-4-10-16/h1,3-4,7-12,15H,2,5-6,13-14H2. The summed E-state index contributed by atoms with van der Waals surface area (Å²) in [5.74, 6) is 0.100. The van der Waals surface area contributed by atoms with Gasteiger partial charge >= 0.3 is 0 Å². The van der Waals surface area contributed by atoms with Gasteiger partial charge in [-0.05, 0) is 36.8 Å². The minimum absolute atomic E-state index is 0.100. The smallest absolute Gasteiger partial charge is 0.189 e. The van der Waals surface area contributed by atoms with Crippen molar-refractivity contribution in [2.24, 2.45) is 0 Å². The minimum Gasteiger partial charge on any atom is -0.298 e. The lowest BCUT2D eigenvalue weighted by molar-refractivity contribution is 0.103. The van der Waals surface area contributed by atoms with Crippen LogP contribution >= 0.6 is 0 Å². The van der Waals surface area contributed by atoms with Crippen LogP contribution < -0.4 is 0 Å². The average Bonchev–Trinajstić information content (AvgIpc) is 2.87. The third-order valence-electron chi connectivity index (χ3n) is 4.44. The number of allylic oxidation sites excluding steroid dienone is 2. The summed E-state index contributed by atoms with van der Waals surface area (Å²) in [5.41, 5.74) is 4.25. The maximum Gasteiger partial charge on any atom is 0.189 e. The van der Waals surface area contributed by atoms with Crippen LogP contribution in [0.4, 0.5) is 0 Å². The molecule has 23 heavy (non-hydrogen) atoms. The van der Waals surface area contributed by atoms with Gasteiger partial charge in [0.05, 0.1) is 0 Å². The summed E-state index contributed by atoms with van der Waals surface area (Å²) in [7, 11) is 0. The summed E-state index contributed by atoms with van der Waals surface area (Å²) in [5, 5.41) is 0. The zero-order chi connectivity index (χ0) is 16.1. The van der Waals surface area contributed by atoms with E-state index in [9.17, 15) is 9.59 Å². The highest BCUT2D eigenvalue weighted by atomic mass is 16.1. The summed E-state index contributed by atoms with van der Waals surface area (Å²) in [6.07, 6.45) is 5.75. The van der Waals surface area contributed by atoms with Crippen molar-refractivity contribution in [3.8, 4) is 0 Å². The summed E-state index contributed by atoms with van der Waals surface area (Å²) in [6, 6.07) is 17.0. The highest BCUT2D eigenvalue weighted by Gasteiger charge is 2.21. The van der Waals surface area contributed by atoms with E-state index in [2.05, 4.69) is 0 Å². The Morgan fingerprint density at radius 1 is 0.826 bits per heavy atom. The van der Waals surface area contributed by atoms with Crippen LogP contribution in [0, 0.1) is 0 Å². The van der Waals surface area contributed by atoms with Crippen LogP contribution in [-0.4, -0.2) is 12.1 Å². The molecular weight excluding hydrogens is 284 g/mol. The Hall–Kier alpha value is -2.48. The Kier molecular flexibility index (Phi) is 4.82. The predicted molar refractivity (Wildman–Crippen MR) is 92.6 cm³/mol. The quantitative estimate of drug-likeness (QED) is 0.581. The molecular formula is C21H20O2. The Labute approximate surface area is 136 Å². The van der Waals surface area contributed by atoms with Crippen molar-refractivity contribution >= 4 is 17.6 Å². The number of hydrogen-bond acceptors (Lipinski definition) is 2. The molecule has 2 aromatic carbocycles. The van der Waals surface area contributed by atoms with Crippen LogP contribution in [0.5, 0.6) is 0 Å². The second-order valence-corrected chi connectivity index (χ2v) is 5.92. The zero-order valence-corrected chi connectivity index (χ0v) is 13.1. The van der Waals surface area contributed by atoms with E-state index in [0.717, 1.165) is 60.7 Å². The fourth-order valence-electron chi connectivity index (χ4n) is 3.27. The van der Waals surface area contributed by atoms with Gasteiger partial charge in [0, 0.05) is 16.7 Å². The molecule has 0 saturated carbocycles. The largest absolute Gasteiger partial charge is 0.298 e. The average molecular weight is 304 g/mol. The summed E-state index contributed by atoms with van der Waals surface area (Å²) < 4.78 is 0. The number of aldehydes is 1. The molecule has 0 aliphatic heterocycles. The highest BCUT2D eigenvalue weighted by molar-refractivity contribution is 6.13. The zero-order valence-electron chi connectivity index (χ0n) is 13.1. The van der Waals surface area contributed by atoms with Gasteiger partial charge in [-0.1, -0.05) is 61.0 Å². The SMILES string of the molecule is O=Cc1ccccc1C1=C(C(=O)c2ccccc2)CCCCC1. The van der Waals surface area contributed by atoms with Gasteiger partial charge in [-0.2, -0.15) is 0 Å². The molecule has 0 aromatic heterocycles. The van der Waals surface area contributed by atoms with Gasteiger partial charge in [0.1, 0.15) is 0 Å². The molecule has 0 spiro atoms. The normalized spacial score (nSPS) is 15.1. The van der Waals surface area contributed by atoms with E-state index in [1.165, 1.54) is 0 Å². The van der Waals surface area contributed by atoms with Gasteiger partial charge in [0.15, 0.2) is 12.1 Å². The van der Waals surface area contributed by atoms with E-state index in [4.69, 9.17) is 0 Å². The van der Waals surface area contributed by atoms with E-state index in [1.54, 1.807) is 0 Å². The lowest BCUT2D eigenvalue weighted by Crippen LogP contribution is -2.07. The molecule has 2 heteroatoms. The maximum atomic E-state index is 13.0. The van der Waals surface area contributed by atoms with E-state index >= 15 is 0 Å². The molecule has 0 radical (unpaired) electrons. The van der Waals surface area contributed by atoms with Gasteiger partial charge in [-0.3, -0.25) is 9.59 Å². The number of benzene rings is 2. The number of ketones is 1. The Balaban J connectivity index is 2.12. The summed E-state index contributed by atoms with van der Waals surface area (Å²) >= 11 is 0. The van der Waals surface area contributed by atoms with Crippen LogP contribution in [0.15, 0.2) is 60.2 Å². The number of carbonyl (C=O) groups is 2. The second-order valence-electron chi connectivity index (χ2n) is 5.92. The Morgan fingerprint density at radius 2 is 1.52 bits per heavy atom. The minimum atomic E-state index is 0.100. The Bertz CT molecular complexity index is 741. The van der Waals surface area contributed by atoms with Crippen molar-refractivity contribution in [1.82, 2.24) is 0 Å². The molecule has 0 N–H and O–H groups in total. The van der Waals surface area contributed by atoms with Crippen LogP contribution in [0.2, 0.25) is 0 Å². The number of rotatable bonds is 4. The van der Waals surface area contributed by atoms with Crippen molar-refractivity contribution in [1.29, 1.82) is 0 Å². The molecule has 0 amide bonds. The molecule has 0 atom stereocenters. The molecule has 2 aromatic rings. The lowest BCUT2D eigenvalue weighted by Gasteiger charge is -2.14. The maximum absolute atomic E-state index is 13.0. The Morgan fingerprint density at radius 3 is 2.30 bits per heavy atom. The van der Waals surface area contributed by atoms with Crippen molar-refractivity contribution in [2.45, 2.75) is 32.1 Å². The molecule has 0 saturated heterocycles. The van der Waals surface area contributed by atoms with Gasteiger partial charge in [-0.15, -0.1) is 0 Å². The van der Waals surface area contributed by atoms with E-state index in [1.807, 2.05) is 54.6 Å². The third kappa shape index (κ3) is 3.31. The molecule has 0 unspecified atom stereocenters. The summed E-state index contributed by atoms with van der Waals surface area (Å²) in [6.45, 7) is 0.